The molecule has 3 fully saturated rings. The molecular formula is C24H34N6O3. The van der Waals surface area contributed by atoms with E-state index in [-0.39, 0.29) is 11.9 Å². The number of hydrogen-bond acceptors (Lipinski definition) is 7. The van der Waals surface area contributed by atoms with Gasteiger partial charge < -0.3 is 19.5 Å². The summed E-state index contributed by atoms with van der Waals surface area (Å²) in [5, 5.41) is 6.91. The number of nitrogens with zero attached hydrogens (tertiary/aromatic N) is 5. The van der Waals surface area contributed by atoms with E-state index in [0.29, 0.717) is 31.6 Å². The van der Waals surface area contributed by atoms with Crippen molar-refractivity contribution in [2.75, 3.05) is 42.6 Å². The zero-order valence-electron chi connectivity index (χ0n) is 19.8. The molecule has 0 spiro atoms. The number of hydrogen-bond donors (Lipinski definition) is 1. The number of piperidine rings is 1. The van der Waals surface area contributed by atoms with E-state index in [0.717, 1.165) is 54.3 Å². The van der Waals surface area contributed by atoms with Crippen LogP contribution in [0.3, 0.4) is 0 Å². The number of ether oxygens (including phenoxy) is 1. The van der Waals surface area contributed by atoms with Gasteiger partial charge in [-0.2, -0.15) is 4.98 Å². The molecule has 2 aromatic heterocycles. The lowest BCUT2D eigenvalue weighted by atomic mass is 9.90. The zero-order chi connectivity index (χ0) is 22.9. The van der Waals surface area contributed by atoms with Gasteiger partial charge in [-0.05, 0) is 56.4 Å². The van der Waals surface area contributed by atoms with Gasteiger partial charge in [0.15, 0.2) is 5.82 Å². The van der Waals surface area contributed by atoms with Crippen LogP contribution in [-0.4, -0.2) is 53.9 Å². The molecular weight excluding hydrogens is 420 g/mol. The van der Waals surface area contributed by atoms with E-state index in [1.165, 1.54) is 19.3 Å². The first-order chi connectivity index (χ1) is 16.0. The van der Waals surface area contributed by atoms with E-state index in [1.807, 2.05) is 13.0 Å². The van der Waals surface area contributed by atoms with Crippen molar-refractivity contribution in [2.45, 2.75) is 52.4 Å². The van der Waals surface area contributed by atoms with E-state index in [9.17, 15) is 4.79 Å². The quantitative estimate of drug-likeness (QED) is 0.649. The summed E-state index contributed by atoms with van der Waals surface area (Å²) in [6.45, 7) is 10.2. The number of nitrogens with one attached hydrogen (secondary N) is 1. The number of anilines is 2. The summed E-state index contributed by atoms with van der Waals surface area (Å²) in [6.07, 6.45) is 6.49. The molecule has 1 saturated carbocycles. The van der Waals surface area contributed by atoms with Crippen LogP contribution in [0.2, 0.25) is 0 Å². The molecule has 4 heterocycles. The summed E-state index contributed by atoms with van der Waals surface area (Å²) >= 11 is 0. The van der Waals surface area contributed by atoms with Gasteiger partial charge in [0.25, 0.3) is 0 Å². The molecule has 2 aliphatic heterocycles. The van der Waals surface area contributed by atoms with E-state index in [1.54, 1.807) is 11.1 Å². The number of carbonyl (C=O) groups excluding carboxylic acids is 1. The van der Waals surface area contributed by atoms with Crippen molar-refractivity contribution < 1.29 is 14.1 Å². The Kier molecular flexibility index (Phi) is 6.12. The van der Waals surface area contributed by atoms with Crippen LogP contribution in [0.15, 0.2) is 16.8 Å². The van der Waals surface area contributed by atoms with Crippen LogP contribution in [0, 0.1) is 24.7 Å². The molecule has 9 nitrogen and oxygen atoms in total. The highest BCUT2D eigenvalue weighted by Gasteiger charge is 2.43. The number of rotatable bonds is 8. The second-order valence-corrected chi connectivity index (χ2v) is 9.91. The predicted octanol–water partition coefficient (Wildman–Crippen LogP) is 3.75. The van der Waals surface area contributed by atoms with Crippen LogP contribution >= 0.6 is 0 Å². The summed E-state index contributed by atoms with van der Waals surface area (Å²) in [7, 11) is 0. The lowest BCUT2D eigenvalue weighted by molar-refractivity contribution is 0.252. The van der Waals surface area contributed by atoms with Gasteiger partial charge in [-0.15, -0.1) is 0 Å². The highest BCUT2D eigenvalue weighted by molar-refractivity contribution is 5.93. The van der Waals surface area contributed by atoms with Crippen molar-refractivity contribution in [1.29, 1.82) is 0 Å². The number of amides is 2. The molecule has 3 aliphatic rings. The monoisotopic (exact) mass is 454 g/mol. The highest BCUT2D eigenvalue weighted by Crippen LogP contribution is 2.50. The molecule has 178 valence electrons. The Morgan fingerprint density at radius 1 is 1.27 bits per heavy atom. The first-order valence-electron chi connectivity index (χ1n) is 12.2. The maximum atomic E-state index is 11.8. The summed E-state index contributed by atoms with van der Waals surface area (Å²) in [6, 6.07) is 2.60. The second-order valence-electron chi connectivity index (χ2n) is 9.91. The van der Waals surface area contributed by atoms with Gasteiger partial charge in [-0.25, -0.2) is 9.78 Å². The van der Waals surface area contributed by atoms with E-state index < -0.39 is 0 Å². The molecule has 0 radical (unpaired) electrons. The Bertz CT molecular complexity index is 984. The minimum Gasteiger partial charge on any atom is -0.477 e. The van der Waals surface area contributed by atoms with Crippen LogP contribution in [0.25, 0.3) is 0 Å². The van der Waals surface area contributed by atoms with Gasteiger partial charge in [0.1, 0.15) is 0 Å². The highest BCUT2D eigenvalue weighted by atomic mass is 16.5. The summed E-state index contributed by atoms with van der Waals surface area (Å²) in [4.78, 5) is 24.8. The molecule has 2 atom stereocenters. The van der Waals surface area contributed by atoms with Crippen molar-refractivity contribution in [2.24, 2.45) is 17.8 Å². The average Bonchev–Trinajstić information content (AvgIpc) is 3.18. The molecule has 0 aromatic carbocycles. The lowest BCUT2D eigenvalue weighted by Gasteiger charge is -2.30. The van der Waals surface area contributed by atoms with Gasteiger partial charge in [-0.1, -0.05) is 19.0 Å². The number of carbonyl (C=O) groups is 1. The third-order valence-corrected chi connectivity index (χ3v) is 7.25. The fourth-order valence-corrected chi connectivity index (χ4v) is 5.16. The maximum Gasteiger partial charge on any atom is 0.324 e. The molecule has 2 aromatic rings. The fraction of sp³-hybridized carbons (Fsp3) is 0.667. The van der Waals surface area contributed by atoms with Crippen LogP contribution in [0.4, 0.5) is 16.5 Å². The molecule has 2 amide bonds. The summed E-state index contributed by atoms with van der Waals surface area (Å²) < 4.78 is 11.5. The number of aryl methyl sites for hydroxylation is 1. The summed E-state index contributed by atoms with van der Waals surface area (Å²) in [5.41, 5.74) is 1.79. The second kappa shape index (κ2) is 9.19. The van der Waals surface area contributed by atoms with Gasteiger partial charge in [-0.3, -0.25) is 4.90 Å². The molecule has 2 saturated heterocycles. The molecule has 0 bridgehead atoms. The molecule has 5 rings (SSSR count). The van der Waals surface area contributed by atoms with Crippen molar-refractivity contribution in [1.82, 2.24) is 20.4 Å². The van der Waals surface area contributed by atoms with Gasteiger partial charge in [0.2, 0.25) is 5.88 Å². The van der Waals surface area contributed by atoms with E-state index in [4.69, 9.17) is 9.26 Å². The Labute approximate surface area is 194 Å². The van der Waals surface area contributed by atoms with Gasteiger partial charge in [0.05, 0.1) is 18.5 Å². The normalized spacial score (nSPS) is 23.3. The van der Waals surface area contributed by atoms with E-state index >= 15 is 0 Å². The minimum atomic E-state index is -0.0622. The topological polar surface area (TPSA) is 96.6 Å². The number of aromatic nitrogens is 3. The van der Waals surface area contributed by atoms with Crippen LogP contribution in [0.5, 0.6) is 5.88 Å². The summed E-state index contributed by atoms with van der Waals surface area (Å²) in [5.74, 6) is 4.10. The van der Waals surface area contributed by atoms with Crippen LogP contribution < -0.4 is 19.9 Å². The third-order valence-electron chi connectivity index (χ3n) is 7.25. The van der Waals surface area contributed by atoms with Crippen LogP contribution in [0.1, 0.15) is 56.8 Å². The number of urea groups is 1. The van der Waals surface area contributed by atoms with Crippen molar-refractivity contribution >= 4 is 17.7 Å². The smallest absolute Gasteiger partial charge is 0.324 e. The maximum absolute atomic E-state index is 11.8. The standard InChI is InChI=1S/C24H34N6O3/c1-15(2)21-27-24(33-28-21)29-8-4-17(5-9-29)20-13-18(20)6-11-32-22-16(3)12-19(14-26-22)30-10-7-25-23(30)31/h12,14-15,17-18,20H,4-11,13H2,1-3H3,(H,25,31)/t18-,20?/m1/s1. The molecule has 1 aliphatic carbocycles. The Morgan fingerprint density at radius 3 is 2.76 bits per heavy atom. The fourth-order valence-electron chi connectivity index (χ4n) is 5.16. The van der Waals surface area contributed by atoms with Gasteiger partial charge in [0, 0.05) is 37.7 Å². The lowest BCUT2D eigenvalue weighted by Crippen LogP contribution is -2.34. The number of pyridine rings is 1. The Hall–Kier alpha value is -2.84. The zero-order valence-corrected chi connectivity index (χ0v) is 19.8. The molecule has 9 heteroatoms. The predicted molar refractivity (Wildman–Crippen MR) is 125 cm³/mol. The van der Waals surface area contributed by atoms with Crippen LogP contribution in [-0.2, 0) is 0 Å². The Morgan fingerprint density at radius 2 is 2.09 bits per heavy atom. The van der Waals surface area contributed by atoms with Crippen molar-refractivity contribution in [3.8, 4) is 5.88 Å². The average molecular weight is 455 g/mol. The van der Waals surface area contributed by atoms with Crippen molar-refractivity contribution in [3.63, 3.8) is 0 Å². The first-order valence-corrected chi connectivity index (χ1v) is 12.2. The molecule has 33 heavy (non-hydrogen) atoms. The minimum absolute atomic E-state index is 0.0622. The Balaban J connectivity index is 1.05. The van der Waals surface area contributed by atoms with E-state index in [2.05, 4.69) is 39.2 Å². The molecule has 1 N–H and O–H groups in total. The van der Waals surface area contributed by atoms with Crippen molar-refractivity contribution in [3.05, 3.63) is 23.7 Å². The molecule has 1 unspecified atom stereocenters. The first kappa shape index (κ1) is 22.0. The van der Waals surface area contributed by atoms with Gasteiger partial charge >= 0.3 is 12.0 Å². The largest absolute Gasteiger partial charge is 0.477 e. The SMILES string of the molecule is Cc1cc(N2CCNC2=O)cnc1OCC[C@@H]1CC1C1CCN(c2nc(C(C)C)no2)CC1. The third kappa shape index (κ3) is 4.77.